The van der Waals surface area contributed by atoms with Crippen molar-refractivity contribution < 1.29 is 4.79 Å². The van der Waals surface area contributed by atoms with Crippen molar-refractivity contribution in [2.75, 3.05) is 13.1 Å². The zero-order chi connectivity index (χ0) is 11.8. The Bertz CT molecular complexity index is 302. The zero-order valence-electron chi connectivity index (χ0n) is 9.36. The molecule has 0 aromatic carbocycles. The van der Waals surface area contributed by atoms with E-state index in [9.17, 15) is 4.79 Å². The quantitative estimate of drug-likeness (QED) is 0.451. The van der Waals surface area contributed by atoms with Gasteiger partial charge in [-0.3, -0.25) is 0 Å². The van der Waals surface area contributed by atoms with E-state index in [0.29, 0.717) is 13.1 Å². The van der Waals surface area contributed by atoms with Crippen LogP contribution >= 0.6 is 12.6 Å². The van der Waals surface area contributed by atoms with Crippen molar-refractivity contribution >= 4 is 18.7 Å². The fraction of sp³-hybridized carbons (Fsp3) is 0.600. The van der Waals surface area contributed by atoms with Gasteiger partial charge in [0.25, 0.3) is 0 Å². The number of carbonyl (C=O) groups excluding carboxylic acids is 1. The lowest BCUT2D eigenvalue weighted by Crippen LogP contribution is -2.37. The molecule has 0 bridgehead atoms. The number of nitrogens with one attached hydrogen (secondary N) is 3. The lowest BCUT2D eigenvalue weighted by atomic mass is 10.3. The standard InChI is InChI=1S/C10H18N4OS/c1-2-3-4-13-10(15)14-7-8(16)9-11-5-6-12-9/h5-6,8,16H,2-4,7H2,1H3,(H,11,12)(H2,13,14,15). The van der Waals surface area contributed by atoms with E-state index in [4.69, 9.17) is 0 Å². The van der Waals surface area contributed by atoms with Gasteiger partial charge in [-0.25, -0.2) is 9.78 Å². The Hall–Kier alpha value is -1.17. The summed E-state index contributed by atoms with van der Waals surface area (Å²) in [5.74, 6) is 0.761. The van der Waals surface area contributed by atoms with E-state index < -0.39 is 0 Å². The molecular formula is C10H18N4OS. The molecule has 5 nitrogen and oxygen atoms in total. The number of H-pyrrole nitrogens is 1. The molecule has 0 saturated heterocycles. The average Bonchev–Trinajstić information content (AvgIpc) is 2.79. The number of unbranched alkanes of at least 4 members (excludes halogenated alkanes) is 1. The fourth-order valence-electron chi connectivity index (χ4n) is 1.19. The second-order valence-corrected chi connectivity index (χ2v) is 4.10. The van der Waals surface area contributed by atoms with E-state index in [1.54, 1.807) is 12.4 Å². The molecule has 0 spiro atoms. The molecule has 0 aliphatic carbocycles. The third-order valence-electron chi connectivity index (χ3n) is 2.11. The zero-order valence-corrected chi connectivity index (χ0v) is 10.3. The second kappa shape index (κ2) is 7.16. The number of hydrogen-bond donors (Lipinski definition) is 4. The maximum absolute atomic E-state index is 11.3. The molecule has 0 aliphatic rings. The number of hydrogen-bond acceptors (Lipinski definition) is 3. The highest BCUT2D eigenvalue weighted by molar-refractivity contribution is 7.80. The Balaban J connectivity index is 2.16. The topological polar surface area (TPSA) is 69.8 Å². The summed E-state index contributed by atoms with van der Waals surface area (Å²) in [5, 5.41) is 5.41. The van der Waals surface area contributed by atoms with Gasteiger partial charge in [0, 0.05) is 25.5 Å². The highest BCUT2D eigenvalue weighted by Crippen LogP contribution is 2.13. The van der Waals surface area contributed by atoms with Gasteiger partial charge in [-0.05, 0) is 6.42 Å². The predicted octanol–water partition coefficient (Wildman–Crippen LogP) is 1.48. The molecule has 6 heteroatoms. The van der Waals surface area contributed by atoms with Gasteiger partial charge in [0.05, 0.1) is 5.25 Å². The largest absolute Gasteiger partial charge is 0.348 e. The molecule has 1 unspecified atom stereocenters. The van der Waals surface area contributed by atoms with Crippen LogP contribution in [0.25, 0.3) is 0 Å². The van der Waals surface area contributed by atoms with Gasteiger partial charge in [-0.1, -0.05) is 13.3 Å². The van der Waals surface area contributed by atoms with Crippen molar-refractivity contribution in [2.24, 2.45) is 0 Å². The molecule has 1 atom stereocenters. The molecule has 2 amide bonds. The van der Waals surface area contributed by atoms with Crippen LogP contribution < -0.4 is 10.6 Å². The van der Waals surface area contributed by atoms with E-state index in [0.717, 1.165) is 18.7 Å². The van der Waals surface area contributed by atoms with Crippen molar-refractivity contribution in [2.45, 2.75) is 25.0 Å². The highest BCUT2D eigenvalue weighted by Gasteiger charge is 2.09. The molecule has 0 aliphatic heterocycles. The van der Waals surface area contributed by atoms with E-state index in [-0.39, 0.29) is 11.3 Å². The molecule has 0 fully saturated rings. The van der Waals surface area contributed by atoms with Crippen LogP contribution in [0.15, 0.2) is 12.4 Å². The normalized spacial score (nSPS) is 12.1. The molecular weight excluding hydrogens is 224 g/mol. The molecule has 3 N–H and O–H groups in total. The number of nitrogens with zero attached hydrogens (tertiary/aromatic N) is 1. The Labute approximate surface area is 101 Å². The summed E-state index contributed by atoms with van der Waals surface area (Å²) in [5.41, 5.74) is 0. The number of carbonyl (C=O) groups is 1. The van der Waals surface area contributed by atoms with Crippen LogP contribution in [0.3, 0.4) is 0 Å². The SMILES string of the molecule is CCCCNC(=O)NCC(S)c1ncc[nH]1. The first-order chi connectivity index (χ1) is 7.74. The van der Waals surface area contributed by atoms with Crippen molar-refractivity contribution in [1.29, 1.82) is 0 Å². The Morgan fingerprint density at radius 2 is 2.44 bits per heavy atom. The highest BCUT2D eigenvalue weighted by atomic mass is 32.1. The van der Waals surface area contributed by atoms with Crippen molar-refractivity contribution in [3.63, 3.8) is 0 Å². The Morgan fingerprint density at radius 3 is 3.06 bits per heavy atom. The summed E-state index contributed by atoms with van der Waals surface area (Å²) in [4.78, 5) is 18.3. The summed E-state index contributed by atoms with van der Waals surface area (Å²) in [6.45, 7) is 3.25. The molecule has 90 valence electrons. The van der Waals surface area contributed by atoms with Gasteiger partial charge in [0.2, 0.25) is 0 Å². The molecule has 1 rings (SSSR count). The van der Waals surface area contributed by atoms with Crippen molar-refractivity contribution in [1.82, 2.24) is 20.6 Å². The number of amides is 2. The number of rotatable bonds is 6. The average molecular weight is 242 g/mol. The van der Waals surface area contributed by atoms with Gasteiger partial charge >= 0.3 is 6.03 Å². The maximum Gasteiger partial charge on any atom is 0.314 e. The van der Waals surface area contributed by atoms with Gasteiger partial charge in [0.15, 0.2) is 0 Å². The molecule has 0 saturated carbocycles. The number of urea groups is 1. The van der Waals surface area contributed by atoms with Gasteiger partial charge < -0.3 is 15.6 Å². The third-order valence-corrected chi connectivity index (χ3v) is 2.53. The minimum Gasteiger partial charge on any atom is -0.348 e. The van der Waals surface area contributed by atoms with E-state index in [2.05, 4.69) is 40.2 Å². The Kier molecular flexibility index (Phi) is 5.77. The summed E-state index contributed by atoms with van der Waals surface area (Å²) < 4.78 is 0. The summed E-state index contributed by atoms with van der Waals surface area (Å²) in [7, 11) is 0. The van der Waals surface area contributed by atoms with E-state index in [1.807, 2.05) is 0 Å². The molecule has 1 heterocycles. The summed E-state index contributed by atoms with van der Waals surface area (Å²) in [6, 6.07) is -0.154. The van der Waals surface area contributed by atoms with Crippen LogP contribution in [0.5, 0.6) is 0 Å². The van der Waals surface area contributed by atoms with Crippen LogP contribution in [0.4, 0.5) is 4.79 Å². The molecule has 0 radical (unpaired) electrons. The first-order valence-electron chi connectivity index (χ1n) is 5.43. The number of aromatic amines is 1. The lowest BCUT2D eigenvalue weighted by molar-refractivity contribution is 0.241. The summed E-state index contributed by atoms with van der Waals surface area (Å²) in [6.07, 6.45) is 5.47. The number of aromatic nitrogens is 2. The van der Waals surface area contributed by atoms with Crippen LogP contribution in [0.2, 0.25) is 0 Å². The lowest BCUT2D eigenvalue weighted by Gasteiger charge is -2.10. The van der Waals surface area contributed by atoms with Crippen molar-refractivity contribution in [3.05, 3.63) is 18.2 Å². The monoisotopic (exact) mass is 242 g/mol. The van der Waals surface area contributed by atoms with Gasteiger partial charge in [0.1, 0.15) is 5.82 Å². The van der Waals surface area contributed by atoms with Gasteiger partial charge in [-0.2, -0.15) is 12.6 Å². The molecule has 1 aromatic rings. The Morgan fingerprint density at radius 1 is 1.62 bits per heavy atom. The number of thiol groups is 1. The smallest absolute Gasteiger partial charge is 0.314 e. The molecule has 16 heavy (non-hydrogen) atoms. The number of imidazole rings is 1. The van der Waals surface area contributed by atoms with Crippen LogP contribution in [-0.2, 0) is 0 Å². The van der Waals surface area contributed by atoms with Crippen LogP contribution in [-0.4, -0.2) is 29.1 Å². The van der Waals surface area contributed by atoms with Gasteiger partial charge in [-0.15, -0.1) is 0 Å². The van der Waals surface area contributed by atoms with Crippen LogP contribution in [0.1, 0.15) is 30.8 Å². The minimum absolute atomic E-state index is 0.105. The van der Waals surface area contributed by atoms with E-state index >= 15 is 0 Å². The third kappa shape index (κ3) is 4.57. The van der Waals surface area contributed by atoms with Crippen molar-refractivity contribution in [3.8, 4) is 0 Å². The summed E-state index contributed by atoms with van der Waals surface area (Å²) >= 11 is 4.33. The molecule has 1 aromatic heterocycles. The van der Waals surface area contributed by atoms with E-state index in [1.165, 1.54) is 0 Å². The minimum atomic E-state index is -0.154. The maximum atomic E-state index is 11.3. The fourth-order valence-corrected chi connectivity index (χ4v) is 1.42. The predicted molar refractivity (Wildman–Crippen MR) is 66.6 cm³/mol. The van der Waals surface area contributed by atoms with Crippen LogP contribution in [0, 0.1) is 0 Å². The second-order valence-electron chi connectivity index (χ2n) is 3.48. The first-order valence-corrected chi connectivity index (χ1v) is 5.94. The first kappa shape index (κ1) is 12.9.